The van der Waals surface area contributed by atoms with Crippen LogP contribution in [0, 0.1) is 11.3 Å². The number of aromatic amines is 1. The molecule has 7 nitrogen and oxygen atoms in total. The molecule has 2 aliphatic rings. The number of H-pyrrole nitrogens is 1. The lowest BCUT2D eigenvalue weighted by molar-refractivity contribution is -0.132. The molecule has 2 saturated heterocycles. The van der Waals surface area contributed by atoms with Crippen LogP contribution in [0.1, 0.15) is 19.3 Å². The third-order valence-corrected chi connectivity index (χ3v) is 5.27. The number of hydrogen-bond acceptors (Lipinski definition) is 5. The molecule has 0 radical (unpaired) electrons. The number of nitriles is 1. The highest BCUT2D eigenvalue weighted by atomic mass is 16.5. The molecule has 1 aromatic carbocycles. The summed E-state index contributed by atoms with van der Waals surface area (Å²) < 4.78 is 6.24. The normalized spacial score (nSPS) is 22.7. The second kappa shape index (κ2) is 7.80. The zero-order valence-corrected chi connectivity index (χ0v) is 15.2. The van der Waals surface area contributed by atoms with Crippen molar-refractivity contribution in [2.45, 2.75) is 31.4 Å². The molecule has 2 fully saturated rings. The van der Waals surface area contributed by atoms with E-state index in [0.29, 0.717) is 19.6 Å². The van der Waals surface area contributed by atoms with Crippen molar-refractivity contribution in [1.29, 1.82) is 5.26 Å². The third-order valence-electron chi connectivity index (χ3n) is 5.27. The first-order chi connectivity index (χ1) is 13.2. The van der Waals surface area contributed by atoms with Gasteiger partial charge in [0.1, 0.15) is 17.9 Å². The Morgan fingerprint density at radius 1 is 1.30 bits per heavy atom. The van der Waals surface area contributed by atoms with Crippen LogP contribution in [0.5, 0.6) is 5.75 Å². The molecular formula is C20H23N5O2. The number of nitrogens with zero attached hydrogens (tertiary/aromatic N) is 4. The van der Waals surface area contributed by atoms with E-state index in [9.17, 15) is 10.1 Å². The lowest BCUT2D eigenvalue weighted by Crippen LogP contribution is -2.42. The van der Waals surface area contributed by atoms with Crippen LogP contribution in [-0.4, -0.2) is 64.2 Å². The lowest BCUT2D eigenvalue weighted by Gasteiger charge is -2.23. The van der Waals surface area contributed by atoms with Crippen molar-refractivity contribution < 1.29 is 9.53 Å². The van der Waals surface area contributed by atoms with Crippen LogP contribution in [0.25, 0.3) is 11.3 Å². The number of para-hydroxylation sites is 1. The molecule has 140 valence electrons. The molecule has 7 heteroatoms. The first kappa shape index (κ1) is 17.6. The van der Waals surface area contributed by atoms with Gasteiger partial charge >= 0.3 is 0 Å². The molecule has 3 heterocycles. The lowest BCUT2D eigenvalue weighted by atomic mass is 10.1. The number of nitrogens with one attached hydrogen (secondary N) is 1. The molecule has 0 aliphatic carbocycles. The van der Waals surface area contributed by atoms with E-state index in [0.717, 1.165) is 42.8 Å². The summed E-state index contributed by atoms with van der Waals surface area (Å²) in [5, 5.41) is 16.2. The number of likely N-dealkylation sites (tertiary alicyclic amines) is 2. The minimum Gasteiger partial charge on any atom is -0.488 e. The molecule has 4 rings (SSSR count). The first-order valence-corrected chi connectivity index (χ1v) is 9.42. The summed E-state index contributed by atoms with van der Waals surface area (Å²) in [6.45, 7) is 2.60. The van der Waals surface area contributed by atoms with Crippen LogP contribution in [0.15, 0.2) is 36.5 Å². The highest BCUT2D eigenvalue weighted by Crippen LogP contribution is 2.30. The minimum atomic E-state index is -0.257. The fourth-order valence-corrected chi connectivity index (χ4v) is 3.89. The van der Waals surface area contributed by atoms with Gasteiger partial charge in [-0.25, -0.2) is 0 Å². The fraction of sp³-hybridized carbons (Fsp3) is 0.450. The van der Waals surface area contributed by atoms with Gasteiger partial charge in [0, 0.05) is 31.4 Å². The Morgan fingerprint density at radius 2 is 2.19 bits per heavy atom. The molecule has 0 spiro atoms. The molecule has 1 amide bonds. The maximum atomic E-state index is 12.5. The smallest absolute Gasteiger partial charge is 0.237 e. The Kier molecular flexibility index (Phi) is 5.07. The summed E-state index contributed by atoms with van der Waals surface area (Å²) >= 11 is 0. The summed E-state index contributed by atoms with van der Waals surface area (Å²) in [5.74, 6) is 0.864. The largest absolute Gasteiger partial charge is 0.488 e. The number of hydrogen-bond donors (Lipinski definition) is 1. The van der Waals surface area contributed by atoms with E-state index in [-0.39, 0.29) is 18.1 Å². The van der Waals surface area contributed by atoms with E-state index >= 15 is 0 Å². The van der Waals surface area contributed by atoms with Gasteiger partial charge in [-0.3, -0.25) is 14.8 Å². The Morgan fingerprint density at radius 3 is 3.00 bits per heavy atom. The Labute approximate surface area is 158 Å². The van der Waals surface area contributed by atoms with E-state index in [1.54, 1.807) is 11.1 Å². The van der Waals surface area contributed by atoms with Gasteiger partial charge in [0.15, 0.2) is 0 Å². The van der Waals surface area contributed by atoms with E-state index in [1.165, 1.54) is 0 Å². The molecule has 2 aliphatic heterocycles. The second-order valence-corrected chi connectivity index (χ2v) is 7.09. The van der Waals surface area contributed by atoms with Gasteiger partial charge in [-0.05, 0) is 37.5 Å². The summed E-state index contributed by atoms with van der Waals surface area (Å²) in [6.07, 6.45) is 4.42. The SMILES string of the molecule is N#CC1CCCN1C(=O)CN1CC[C@H](Oc2ccccc2-c2cc[nH]n2)C1. The van der Waals surface area contributed by atoms with Crippen LogP contribution >= 0.6 is 0 Å². The standard InChI is InChI=1S/C20H23N5O2/c21-12-15-4-3-10-25(15)20(26)14-24-11-8-16(13-24)27-19-6-2-1-5-17(19)18-7-9-22-23-18/h1-2,5-7,9,15-16H,3-4,8,10-11,13-14H2,(H,22,23)/t15?,16-/m0/s1. The molecular weight excluding hydrogens is 342 g/mol. The second-order valence-electron chi connectivity index (χ2n) is 7.09. The number of carbonyl (C=O) groups is 1. The maximum Gasteiger partial charge on any atom is 0.237 e. The van der Waals surface area contributed by atoms with Crippen molar-refractivity contribution in [1.82, 2.24) is 20.0 Å². The predicted molar refractivity (Wildman–Crippen MR) is 99.8 cm³/mol. The molecule has 2 atom stereocenters. The van der Waals surface area contributed by atoms with Crippen LogP contribution in [-0.2, 0) is 4.79 Å². The van der Waals surface area contributed by atoms with Crippen molar-refractivity contribution in [2.75, 3.05) is 26.2 Å². The number of amides is 1. The predicted octanol–water partition coefficient (Wildman–Crippen LogP) is 2.04. The summed E-state index contributed by atoms with van der Waals surface area (Å²) in [6, 6.07) is 11.8. The van der Waals surface area contributed by atoms with Gasteiger partial charge in [-0.1, -0.05) is 12.1 Å². The minimum absolute atomic E-state index is 0.0447. The van der Waals surface area contributed by atoms with Crippen molar-refractivity contribution in [3.8, 4) is 23.1 Å². The highest BCUT2D eigenvalue weighted by molar-refractivity contribution is 5.79. The average molecular weight is 365 g/mol. The Hall–Kier alpha value is -2.85. The van der Waals surface area contributed by atoms with Gasteiger partial charge in [0.2, 0.25) is 5.91 Å². The number of carbonyl (C=O) groups excluding carboxylic acids is 1. The first-order valence-electron chi connectivity index (χ1n) is 9.42. The van der Waals surface area contributed by atoms with Crippen LogP contribution in [0.2, 0.25) is 0 Å². The van der Waals surface area contributed by atoms with E-state index in [2.05, 4.69) is 21.2 Å². The fourth-order valence-electron chi connectivity index (χ4n) is 3.89. The number of benzene rings is 1. The molecule has 1 N–H and O–H groups in total. The van der Waals surface area contributed by atoms with Crippen LogP contribution in [0.4, 0.5) is 0 Å². The molecule has 2 aromatic rings. The summed E-state index contributed by atoms with van der Waals surface area (Å²) in [5.41, 5.74) is 1.81. The maximum absolute atomic E-state index is 12.5. The Balaban J connectivity index is 1.36. The van der Waals surface area contributed by atoms with E-state index < -0.39 is 0 Å². The molecule has 0 saturated carbocycles. The molecule has 1 unspecified atom stereocenters. The summed E-state index contributed by atoms with van der Waals surface area (Å²) in [7, 11) is 0. The third kappa shape index (κ3) is 3.81. The quantitative estimate of drug-likeness (QED) is 0.876. The van der Waals surface area contributed by atoms with Crippen molar-refractivity contribution in [2.24, 2.45) is 0 Å². The van der Waals surface area contributed by atoms with E-state index in [1.807, 2.05) is 30.3 Å². The molecule has 1 aromatic heterocycles. The average Bonchev–Trinajstić information content (AvgIpc) is 3.44. The Bertz CT molecular complexity index is 829. The number of ether oxygens (including phenoxy) is 1. The van der Waals surface area contributed by atoms with Crippen molar-refractivity contribution in [3.05, 3.63) is 36.5 Å². The zero-order valence-electron chi connectivity index (χ0n) is 15.2. The van der Waals surface area contributed by atoms with Gasteiger partial charge in [0.25, 0.3) is 0 Å². The van der Waals surface area contributed by atoms with Crippen LogP contribution in [0.3, 0.4) is 0 Å². The number of rotatable bonds is 5. The monoisotopic (exact) mass is 365 g/mol. The topological polar surface area (TPSA) is 85.3 Å². The van der Waals surface area contributed by atoms with Crippen molar-refractivity contribution in [3.63, 3.8) is 0 Å². The molecule has 0 bridgehead atoms. The van der Waals surface area contributed by atoms with Gasteiger partial charge in [0.05, 0.1) is 18.3 Å². The summed E-state index contributed by atoms with van der Waals surface area (Å²) in [4.78, 5) is 16.4. The van der Waals surface area contributed by atoms with Gasteiger partial charge in [-0.2, -0.15) is 10.4 Å². The van der Waals surface area contributed by atoms with Crippen molar-refractivity contribution >= 4 is 5.91 Å². The van der Waals surface area contributed by atoms with Crippen LogP contribution < -0.4 is 4.74 Å². The number of aromatic nitrogens is 2. The molecule has 27 heavy (non-hydrogen) atoms. The highest BCUT2D eigenvalue weighted by Gasteiger charge is 2.32. The van der Waals surface area contributed by atoms with Gasteiger partial charge in [-0.15, -0.1) is 0 Å². The van der Waals surface area contributed by atoms with Gasteiger partial charge < -0.3 is 9.64 Å². The van der Waals surface area contributed by atoms with E-state index in [4.69, 9.17) is 4.74 Å². The zero-order chi connectivity index (χ0) is 18.6.